The van der Waals surface area contributed by atoms with Crippen LogP contribution in [-0.2, 0) is 11.2 Å². The summed E-state index contributed by atoms with van der Waals surface area (Å²) in [5.41, 5.74) is 7.41. The Labute approximate surface area is 146 Å². The largest absolute Gasteiger partial charge is 0.353 e. The molecule has 0 bridgehead atoms. The normalized spacial score (nSPS) is 20.2. The van der Waals surface area contributed by atoms with E-state index in [1.54, 1.807) is 31.5 Å². The maximum Gasteiger partial charge on any atom is 0.255 e. The van der Waals surface area contributed by atoms with Crippen molar-refractivity contribution >= 4 is 5.91 Å². The molecule has 2 unspecified atom stereocenters. The maximum absolute atomic E-state index is 12.4. The van der Waals surface area contributed by atoms with Crippen LogP contribution in [0.15, 0.2) is 29.3 Å². The first-order valence-corrected chi connectivity index (χ1v) is 8.58. The van der Waals surface area contributed by atoms with Gasteiger partial charge >= 0.3 is 0 Å². The molecule has 1 amide bonds. The molecule has 0 spiro atoms. The Morgan fingerprint density at radius 2 is 2.12 bits per heavy atom. The Morgan fingerprint density at radius 1 is 1.36 bits per heavy atom. The smallest absolute Gasteiger partial charge is 0.255 e. The predicted molar refractivity (Wildman–Crippen MR) is 94.9 cm³/mol. The highest BCUT2D eigenvalue weighted by atomic mass is 16.2. The standard InChI is InChI=1S/C18H23N5O2/c1-11-15(10-16(24)22-14-4-2-3-13(19)9-14)18(25)23-17(21-11)12-5-7-20-8-6-12/h5-8,13-14H,2-4,9-10,19H2,1H3,(H,22,24)(H,21,23,25). The molecule has 2 aromatic heterocycles. The Morgan fingerprint density at radius 3 is 2.80 bits per heavy atom. The number of H-pyrrole nitrogens is 1. The minimum atomic E-state index is -0.283. The summed E-state index contributed by atoms with van der Waals surface area (Å²) in [5.74, 6) is 0.318. The third kappa shape index (κ3) is 4.30. The molecule has 2 atom stereocenters. The van der Waals surface area contributed by atoms with Crippen molar-refractivity contribution in [3.63, 3.8) is 0 Å². The van der Waals surface area contributed by atoms with E-state index in [9.17, 15) is 9.59 Å². The van der Waals surface area contributed by atoms with Crippen LogP contribution in [-0.4, -0.2) is 32.9 Å². The van der Waals surface area contributed by atoms with Gasteiger partial charge in [-0.1, -0.05) is 0 Å². The molecule has 0 radical (unpaired) electrons. The molecule has 132 valence electrons. The van der Waals surface area contributed by atoms with Gasteiger partial charge < -0.3 is 16.0 Å². The van der Waals surface area contributed by atoms with Gasteiger partial charge in [-0.2, -0.15) is 0 Å². The fraction of sp³-hybridized carbons (Fsp3) is 0.444. The molecule has 7 heteroatoms. The van der Waals surface area contributed by atoms with Gasteiger partial charge in [-0.05, 0) is 44.7 Å². The summed E-state index contributed by atoms with van der Waals surface area (Å²) in [7, 11) is 0. The van der Waals surface area contributed by atoms with Crippen LogP contribution < -0.4 is 16.6 Å². The highest BCUT2D eigenvalue weighted by Crippen LogP contribution is 2.17. The summed E-state index contributed by atoms with van der Waals surface area (Å²) in [4.78, 5) is 35.8. The molecule has 0 saturated heterocycles. The van der Waals surface area contributed by atoms with Crippen LogP contribution in [0, 0.1) is 6.92 Å². The van der Waals surface area contributed by atoms with Crippen molar-refractivity contribution in [1.29, 1.82) is 0 Å². The van der Waals surface area contributed by atoms with Gasteiger partial charge in [-0.3, -0.25) is 14.6 Å². The van der Waals surface area contributed by atoms with Gasteiger partial charge in [-0.25, -0.2) is 4.98 Å². The average Bonchev–Trinajstić information content (AvgIpc) is 2.59. The fourth-order valence-electron chi connectivity index (χ4n) is 3.26. The lowest BCUT2D eigenvalue weighted by molar-refractivity contribution is -0.121. The van der Waals surface area contributed by atoms with Crippen LogP contribution in [0.5, 0.6) is 0 Å². The number of nitrogens with one attached hydrogen (secondary N) is 2. The molecule has 1 saturated carbocycles. The first-order valence-electron chi connectivity index (χ1n) is 8.58. The number of aromatic amines is 1. The summed E-state index contributed by atoms with van der Waals surface area (Å²) < 4.78 is 0. The summed E-state index contributed by atoms with van der Waals surface area (Å²) in [5, 5.41) is 2.99. The number of aryl methyl sites for hydroxylation is 1. The third-order valence-corrected chi connectivity index (χ3v) is 4.59. The van der Waals surface area contributed by atoms with Crippen LogP contribution in [0.2, 0.25) is 0 Å². The molecule has 2 heterocycles. The van der Waals surface area contributed by atoms with Gasteiger partial charge in [0.05, 0.1) is 6.42 Å². The molecular weight excluding hydrogens is 318 g/mol. The quantitative estimate of drug-likeness (QED) is 0.770. The first-order chi connectivity index (χ1) is 12.0. The third-order valence-electron chi connectivity index (χ3n) is 4.59. The molecule has 1 aliphatic carbocycles. The van der Waals surface area contributed by atoms with Gasteiger partial charge in [0, 0.05) is 41.3 Å². The Balaban J connectivity index is 1.72. The van der Waals surface area contributed by atoms with Crippen LogP contribution in [0.4, 0.5) is 0 Å². The van der Waals surface area contributed by atoms with E-state index in [0.29, 0.717) is 17.1 Å². The number of aromatic nitrogens is 3. The summed E-state index contributed by atoms with van der Waals surface area (Å²) in [6, 6.07) is 3.79. The zero-order valence-electron chi connectivity index (χ0n) is 14.3. The van der Waals surface area contributed by atoms with Crippen molar-refractivity contribution in [1.82, 2.24) is 20.3 Å². The molecule has 25 heavy (non-hydrogen) atoms. The van der Waals surface area contributed by atoms with E-state index < -0.39 is 0 Å². The number of nitrogens with two attached hydrogens (primary N) is 1. The van der Waals surface area contributed by atoms with Crippen LogP contribution >= 0.6 is 0 Å². The minimum Gasteiger partial charge on any atom is -0.353 e. The second-order valence-corrected chi connectivity index (χ2v) is 6.58. The zero-order chi connectivity index (χ0) is 17.8. The lowest BCUT2D eigenvalue weighted by atomic mass is 9.91. The Bertz CT molecular complexity index is 803. The lowest BCUT2D eigenvalue weighted by Crippen LogP contribution is -2.43. The molecule has 7 nitrogen and oxygen atoms in total. The van der Waals surface area contributed by atoms with Crippen molar-refractivity contribution in [2.24, 2.45) is 5.73 Å². The van der Waals surface area contributed by atoms with Crippen LogP contribution in [0.3, 0.4) is 0 Å². The highest BCUT2D eigenvalue weighted by Gasteiger charge is 2.21. The Kier molecular flexibility index (Phi) is 5.23. The van der Waals surface area contributed by atoms with Crippen molar-refractivity contribution in [2.75, 3.05) is 0 Å². The fourth-order valence-corrected chi connectivity index (χ4v) is 3.26. The SMILES string of the molecule is Cc1nc(-c2ccncc2)[nH]c(=O)c1CC(=O)NC1CCCC(N)C1. The molecule has 0 aromatic carbocycles. The van der Waals surface area contributed by atoms with Crippen molar-refractivity contribution < 1.29 is 4.79 Å². The van der Waals surface area contributed by atoms with Gasteiger partial charge in [0.25, 0.3) is 5.56 Å². The number of rotatable bonds is 4. The molecule has 1 aliphatic rings. The lowest BCUT2D eigenvalue weighted by Gasteiger charge is -2.27. The van der Waals surface area contributed by atoms with Gasteiger partial charge in [0.15, 0.2) is 0 Å². The van der Waals surface area contributed by atoms with E-state index in [0.717, 1.165) is 31.2 Å². The Hall–Kier alpha value is -2.54. The maximum atomic E-state index is 12.4. The monoisotopic (exact) mass is 341 g/mol. The van der Waals surface area contributed by atoms with Crippen LogP contribution in [0.25, 0.3) is 11.4 Å². The van der Waals surface area contributed by atoms with Gasteiger partial charge in [0.1, 0.15) is 5.82 Å². The predicted octanol–water partition coefficient (Wildman–Crippen LogP) is 1.07. The molecule has 1 fully saturated rings. The minimum absolute atomic E-state index is 0.0243. The number of carbonyl (C=O) groups excluding carboxylic acids is 1. The molecular formula is C18H23N5O2. The van der Waals surface area contributed by atoms with Crippen molar-refractivity contribution in [2.45, 2.75) is 51.1 Å². The van der Waals surface area contributed by atoms with Gasteiger partial charge in [-0.15, -0.1) is 0 Å². The topological polar surface area (TPSA) is 114 Å². The zero-order valence-corrected chi connectivity index (χ0v) is 14.3. The van der Waals surface area contributed by atoms with E-state index >= 15 is 0 Å². The number of carbonyl (C=O) groups is 1. The number of hydrogen-bond acceptors (Lipinski definition) is 5. The molecule has 0 aliphatic heterocycles. The summed E-state index contributed by atoms with van der Waals surface area (Å²) in [6.45, 7) is 1.75. The van der Waals surface area contributed by atoms with E-state index in [-0.39, 0.29) is 30.0 Å². The molecule has 2 aromatic rings. The molecule has 3 rings (SSSR count). The van der Waals surface area contributed by atoms with Gasteiger partial charge in [0.2, 0.25) is 5.91 Å². The number of pyridine rings is 1. The van der Waals surface area contributed by atoms with Crippen molar-refractivity contribution in [3.8, 4) is 11.4 Å². The second-order valence-electron chi connectivity index (χ2n) is 6.58. The summed E-state index contributed by atoms with van der Waals surface area (Å²) >= 11 is 0. The molecule has 4 N–H and O–H groups in total. The average molecular weight is 341 g/mol. The number of amides is 1. The van der Waals surface area contributed by atoms with E-state index in [4.69, 9.17) is 5.73 Å². The van der Waals surface area contributed by atoms with E-state index in [2.05, 4.69) is 20.3 Å². The number of nitrogens with zero attached hydrogens (tertiary/aromatic N) is 2. The second kappa shape index (κ2) is 7.57. The first kappa shape index (κ1) is 17.3. The van der Waals surface area contributed by atoms with Crippen molar-refractivity contribution in [3.05, 3.63) is 46.1 Å². The highest BCUT2D eigenvalue weighted by molar-refractivity contribution is 5.79. The van der Waals surface area contributed by atoms with E-state index in [1.165, 1.54) is 0 Å². The van der Waals surface area contributed by atoms with Crippen LogP contribution in [0.1, 0.15) is 36.9 Å². The van der Waals surface area contributed by atoms with E-state index in [1.807, 2.05) is 0 Å². The summed E-state index contributed by atoms with van der Waals surface area (Å²) in [6.07, 6.45) is 7.06. The number of hydrogen-bond donors (Lipinski definition) is 3.